The Balaban J connectivity index is 2.08. The lowest BCUT2D eigenvalue weighted by Gasteiger charge is -2.10. The molecule has 0 saturated carbocycles. The van der Waals surface area contributed by atoms with E-state index in [0.717, 1.165) is 0 Å². The Labute approximate surface area is 158 Å². The molecule has 0 aliphatic carbocycles. The van der Waals surface area contributed by atoms with Gasteiger partial charge in [0.15, 0.2) is 6.61 Å². The summed E-state index contributed by atoms with van der Waals surface area (Å²) in [7, 11) is -1.36. The molecule has 1 atom stereocenters. The molecule has 2 aromatic carbocycles. The van der Waals surface area contributed by atoms with Gasteiger partial charge in [0, 0.05) is 11.8 Å². The summed E-state index contributed by atoms with van der Waals surface area (Å²) in [4.78, 5) is 35.1. The minimum atomic E-state index is -1.36. The summed E-state index contributed by atoms with van der Waals surface area (Å²) >= 11 is 0. The molecule has 0 aliphatic rings. The first kappa shape index (κ1) is 20.2. The average Bonchev–Trinajstić information content (AvgIpc) is 2.66. The van der Waals surface area contributed by atoms with Crippen LogP contribution in [0.5, 0.6) is 0 Å². The summed E-state index contributed by atoms with van der Waals surface area (Å²) in [6, 6.07) is 10.7. The second-order valence-corrected chi connectivity index (χ2v) is 7.19. The number of carbonyl (C=O) groups is 2. The third kappa shape index (κ3) is 4.98. The van der Waals surface area contributed by atoms with Gasteiger partial charge in [-0.1, -0.05) is 31.2 Å². The van der Waals surface area contributed by atoms with Crippen molar-refractivity contribution in [2.75, 3.05) is 17.7 Å². The molecule has 9 heteroatoms. The number of hydrogen-bond donors (Lipinski definition) is 1. The van der Waals surface area contributed by atoms with Gasteiger partial charge in [-0.05, 0) is 24.6 Å². The molecule has 0 heterocycles. The van der Waals surface area contributed by atoms with Crippen LogP contribution in [0.4, 0.5) is 11.4 Å². The molecule has 8 nitrogen and oxygen atoms in total. The number of aryl methyl sites for hydroxylation is 1. The van der Waals surface area contributed by atoms with Crippen molar-refractivity contribution in [3.63, 3.8) is 0 Å². The Morgan fingerprint density at radius 2 is 1.89 bits per heavy atom. The highest BCUT2D eigenvalue weighted by atomic mass is 32.2. The molecule has 0 radical (unpaired) electrons. The van der Waals surface area contributed by atoms with Crippen molar-refractivity contribution in [3.05, 3.63) is 63.7 Å². The third-order valence-electron chi connectivity index (χ3n) is 3.66. The fraction of sp³-hybridized carbons (Fsp3) is 0.222. The Hall–Kier alpha value is -3.07. The zero-order valence-electron chi connectivity index (χ0n) is 14.8. The van der Waals surface area contributed by atoms with Crippen LogP contribution in [0.15, 0.2) is 47.4 Å². The highest BCUT2D eigenvalue weighted by Crippen LogP contribution is 2.27. The fourth-order valence-electron chi connectivity index (χ4n) is 2.34. The number of nitrogens with one attached hydrogen (secondary N) is 1. The van der Waals surface area contributed by atoms with Gasteiger partial charge in [-0.3, -0.25) is 19.1 Å². The SMILES string of the molecule is CCS(=O)c1ccccc1C(=O)OCC(=O)Nc1c(C)cccc1[N+](=O)[O-]. The molecule has 0 spiro atoms. The van der Waals surface area contributed by atoms with E-state index in [9.17, 15) is 23.9 Å². The van der Waals surface area contributed by atoms with E-state index in [0.29, 0.717) is 16.2 Å². The lowest BCUT2D eigenvalue weighted by molar-refractivity contribution is -0.384. The van der Waals surface area contributed by atoms with Crippen molar-refractivity contribution in [1.82, 2.24) is 0 Å². The van der Waals surface area contributed by atoms with Crippen molar-refractivity contribution >= 4 is 34.1 Å². The van der Waals surface area contributed by atoms with Crippen molar-refractivity contribution < 1.29 is 23.5 Å². The molecule has 142 valence electrons. The molecule has 0 aromatic heterocycles. The number of esters is 1. The average molecular weight is 390 g/mol. The molecular formula is C18H18N2O6S. The standard InChI is InChI=1S/C18H18N2O6S/c1-3-27(25)15-10-5-4-8-13(15)18(22)26-11-16(21)19-17-12(2)7-6-9-14(17)20(23)24/h4-10H,3,11H2,1-2H3,(H,19,21). The summed E-state index contributed by atoms with van der Waals surface area (Å²) in [6.45, 7) is 2.71. The maximum Gasteiger partial charge on any atom is 0.339 e. The number of carbonyl (C=O) groups excluding carboxylic acids is 2. The smallest absolute Gasteiger partial charge is 0.339 e. The lowest BCUT2D eigenvalue weighted by atomic mass is 10.1. The minimum Gasteiger partial charge on any atom is -0.452 e. The normalized spacial score (nSPS) is 11.5. The quantitative estimate of drug-likeness (QED) is 0.441. The Morgan fingerprint density at radius 3 is 2.56 bits per heavy atom. The van der Waals surface area contributed by atoms with Crippen LogP contribution in [0.25, 0.3) is 0 Å². The molecule has 0 aliphatic heterocycles. The van der Waals surface area contributed by atoms with Crippen LogP contribution in [0, 0.1) is 17.0 Å². The summed E-state index contributed by atoms with van der Waals surface area (Å²) in [5.74, 6) is -1.17. The van der Waals surface area contributed by atoms with E-state index in [1.54, 1.807) is 38.1 Å². The highest BCUT2D eigenvalue weighted by molar-refractivity contribution is 7.85. The maximum absolute atomic E-state index is 12.2. The highest BCUT2D eigenvalue weighted by Gasteiger charge is 2.20. The van der Waals surface area contributed by atoms with Gasteiger partial charge in [0.25, 0.3) is 11.6 Å². The van der Waals surface area contributed by atoms with E-state index in [-0.39, 0.29) is 16.9 Å². The van der Waals surface area contributed by atoms with Gasteiger partial charge >= 0.3 is 5.97 Å². The number of nitrogens with zero attached hydrogens (tertiary/aromatic N) is 1. The van der Waals surface area contributed by atoms with Crippen LogP contribution in [0.3, 0.4) is 0 Å². The van der Waals surface area contributed by atoms with Crippen LogP contribution in [0.2, 0.25) is 0 Å². The predicted molar refractivity (Wildman–Crippen MR) is 100 cm³/mol. The minimum absolute atomic E-state index is 0.0519. The van der Waals surface area contributed by atoms with Gasteiger partial charge in [0.05, 0.1) is 26.2 Å². The number of benzene rings is 2. The Bertz CT molecular complexity index is 912. The van der Waals surface area contributed by atoms with Crippen LogP contribution >= 0.6 is 0 Å². The van der Waals surface area contributed by atoms with Crippen LogP contribution in [-0.4, -0.2) is 33.4 Å². The number of para-hydroxylation sites is 1. The number of anilines is 1. The van der Waals surface area contributed by atoms with Gasteiger partial charge in [0.2, 0.25) is 0 Å². The van der Waals surface area contributed by atoms with Gasteiger partial charge in [-0.25, -0.2) is 4.79 Å². The number of ether oxygens (including phenoxy) is 1. The molecule has 0 saturated heterocycles. The van der Waals surface area contributed by atoms with Gasteiger partial charge < -0.3 is 10.1 Å². The Kier molecular flexibility index (Phi) is 6.78. The first-order chi connectivity index (χ1) is 12.8. The summed E-state index contributed by atoms with van der Waals surface area (Å²) in [5, 5.41) is 13.5. The molecular weight excluding hydrogens is 372 g/mol. The number of nitro groups is 1. The van der Waals surface area contributed by atoms with Crippen molar-refractivity contribution in [2.24, 2.45) is 0 Å². The first-order valence-corrected chi connectivity index (χ1v) is 9.35. The molecule has 27 heavy (non-hydrogen) atoms. The monoisotopic (exact) mass is 390 g/mol. The molecule has 1 unspecified atom stereocenters. The second-order valence-electron chi connectivity index (χ2n) is 5.48. The Morgan fingerprint density at radius 1 is 1.19 bits per heavy atom. The fourth-order valence-corrected chi connectivity index (χ4v) is 3.28. The van der Waals surface area contributed by atoms with Crippen LogP contribution < -0.4 is 5.32 Å². The topological polar surface area (TPSA) is 116 Å². The number of nitro benzene ring substituents is 1. The predicted octanol–water partition coefficient (Wildman–Crippen LogP) is 2.83. The molecule has 2 aromatic rings. The van der Waals surface area contributed by atoms with Gasteiger partial charge in [0.1, 0.15) is 5.69 Å². The van der Waals surface area contributed by atoms with Crippen molar-refractivity contribution in [1.29, 1.82) is 0 Å². The number of rotatable bonds is 7. The molecule has 0 fully saturated rings. The second kappa shape index (κ2) is 9.04. The number of hydrogen-bond acceptors (Lipinski definition) is 6. The largest absolute Gasteiger partial charge is 0.452 e. The van der Waals surface area contributed by atoms with E-state index >= 15 is 0 Å². The van der Waals surface area contributed by atoms with E-state index in [2.05, 4.69) is 5.32 Å². The first-order valence-electron chi connectivity index (χ1n) is 8.03. The summed E-state index contributed by atoms with van der Waals surface area (Å²) in [6.07, 6.45) is 0. The molecule has 1 amide bonds. The number of amides is 1. The molecule has 1 N–H and O–H groups in total. The van der Waals surface area contributed by atoms with Crippen LogP contribution in [-0.2, 0) is 20.3 Å². The van der Waals surface area contributed by atoms with E-state index in [1.165, 1.54) is 18.2 Å². The van der Waals surface area contributed by atoms with E-state index in [4.69, 9.17) is 4.74 Å². The zero-order chi connectivity index (χ0) is 20.0. The summed E-state index contributed by atoms with van der Waals surface area (Å²) in [5.41, 5.74) is 0.425. The maximum atomic E-state index is 12.2. The molecule has 2 rings (SSSR count). The summed E-state index contributed by atoms with van der Waals surface area (Å²) < 4.78 is 17.0. The van der Waals surface area contributed by atoms with Gasteiger partial charge in [-0.2, -0.15) is 0 Å². The van der Waals surface area contributed by atoms with Crippen molar-refractivity contribution in [3.8, 4) is 0 Å². The van der Waals surface area contributed by atoms with Crippen LogP contribution in [0.1, 0.15) is 22.8 Å². The van der Waals surface area contributed by atoms with Gasteiger partial charge in [-0.15, -0.1) is 0 Å². The lowest BCUT2D eigenvalue weighted by Crippen LogP contribution is -2.22. The molecule has 0 bridgehead atoms. The van der Waals surface area contributed by atoms with E-state index < -0.39 is 34.2 Å². The van der Waals surface area contributed by atoms with Crippen molar-refractivity contribution in [2.45, 2.75) is 18.7 Å². The zero-order valence-corrected chi connectivity index (χ0v) is 15.6. The van der Waals surface area contributed by atoms with E-state index in [1.807, 2.05) is 0 Å². The third-order valence-corrected chi connectivity index (χ3v) is 5.03.